The summed E-state index contributed by atoms with van der Waals surface area (Å²) in [5.74, 6) is 0.162. The zero-order chi connectivity index (χ0) is 13.1. The van der Waals surface area contributed by atoms with E-state index in [4.69, 9.17) is 5.73 Å². The normalized spacial score (nSPS) is 20.3. The maximum absolute atomic E-state index is 11.9. The Bertz CT molecular complexity index is 428. The van der Waals surface area contributed by atoms with E-state index in [0.717, 1.165) is 19.3 Å². The summed E-state index contributed by atoms with van der Waals surface area (Å²) >= 11 is 0. The van der Waals surface area contributed by atoms with Gasteiger partial charge in [-0.05, 0) is 36.3 Å². The second-order valence-electron chi connectivity index (χ2n) is 5.49. The fourth-order valence-corrected chi connectivity index (χ4v) is 2.42. The van der Waals surface area contributed by atoms with Crippen LogP contribution in [0.5, 0.6) is 0 Å². The monoisotopic (exact) mass is 246 g/mol. The lowest BCUT2D eigenvalue weighted by molar-refractivity contribution is -0.124. The van der Waals surface area contributed by atoms with Crippen LogP contribution in [0.3, 0.4) is 0 Å². The molecule has 1 aromatic carbocycles. The van der Waals surface area contributed by atoms with Gasteiger partial charge < -0.3 is 11.1 Å². The molecule has 1 aliphatic rings. The Morgan fingerprint density at radius 1 is 1.33 bits per heavy atom. The van der Waals surface area contributed by atoms with Crippen molar-refractivity contribution in [1.29, 1.82) is 0 Å². The van der Waals surface area contributed by atoms with Crippen LogP contribution >= 0.6 is 0 Å². The third kappa shape index (κ3) is 2.91. The van der Waals surface area contributed by atoms with Gasteiger partial charge in [-0.25, -0.2) is 0 Å². The highest BCUT2D eigenvalue weighted by molar-refractivity contribution is 5.82. The number of nitrogens with two attached hydrogens (primary N) is 1. The van der Waals surface area contributed by atoms with Crippen LogP contribution in [0.15, 0.2) is 24.3 Å². The molecule has 0 heterocycles. The lowest BCUT2D eigenvalue weighted by Gasteiger charge is -2.27. The zero-order valence-electron chi connectivity index (χ0n) is 11.1. The Balaban J connectivity index is 1.96. The van der Waals surface area contributed by atoms with E-state index in [0.29, 0.717) is 0 Å². The Labute approximate surface area is 109 Å². The van der Waals surface area contributed by atoms with E-state index >= 15 is 0 Å². The number of amides is 1. The number of carbonyl (C=O) groups is 1. The highest BCUT2D eigenvalue weighted by atomic mass is 16.2. The van der Waals surface area contributed by atoms with Gasteiger partial charge >= 0.3 is 0 Å². The molecule has 1 unspecified atom stereocenters. The van der Waals surface area contributed by atoms with Crippen molar-refractivity contribution in [3.8, 4) is 0 Å². The minimum Gasteiger partial charge on any atom is -0.352 e. The van der Waals surface area contributed by atoms with E-state index in [-0.39, 0.29) is 17.9 Å². The minimum absolute atomic E-state index is 0.0191. The van der Waals surface area contributed by atoms with E-state index in [9.17, 15) is 4.79 Å². The van der Waals surface area contributed by atoms with Gasteiger partial charge in [-0.1, -0.05) is 38.1 Å². The molecule has 0 spiro atoms. The van der Waals surface area contributed by atoms with Crippen molar-refractivity contribution in [3.05, 3.63) is 35.4 Å². The third-order valence-electron chi connectivity index (χ3n) is 3.71. The van der Waals surface area contributed by atoms with Crippen molar-refractivity contribution in [2.75, 3.05) is 0 Å². The van der Waals surface area contributed by atoms with Crippen molar-refractivity contribution in [2.45, 2.75) is 45.2 Å². The lowest BCUT2D eigenvalue weighted by Crippen LogP contribution is -2.49. The third-order valence-corrected chi connectivity index (χ3v) is 3.71. The number of carbonyl (C=O) groups excluding carboxylic acids is 1. The standard InChI is InChI=1S/C15H22N2O/c1-10(2)14(16)15(18)17-13-8-7-11-5-3-4-6-12(11)9-13/h3-6,10,13-14H,7-9,16H2,1-2H3,(H,17,18)/t13?,14-/m1/s1. The van der Waals surface area contributed by atoms with E-state index in [1.807, 2.05) is 13.8 Å². The van der Waals surface area contributed by atoms with Crippen LogP contribution in [0.4, 0.5) is 0 Å². The molecule has 0 aromatic heterocycles. The quantitative estimate of drug-likeness (QED) is 0.852. The Hall–Kier alpha value is -1.35. The lowest BCUT2D eigenvalue weighted by atomic mass is 9.88. The largest absolute Gasteiger partial charge is 0.352 e. The Kier molecular flexibility index (Phi) is 4.02. The van der Waals surface area contributed by atoms with Crippen LogP contribution in [0.25, 0.3) is 0 Å². The van der Waals surface area contributed by atoms with Gasteiger partial charge in [0.15, 0.2) is 0 Å². The first-order valence-electron chi connectivity index (χ1n) is 6.70. The first kappa shape index (κ1) is 13.1. The van der Waals surface area contributed by atoms with Gasteiger partial charge in [-0.15, -0.1) is 0 Å². The molecule has 2 atom stereocenters. The topological polar surface area (TPSA) is 55.1 Å². The van der Waals surface area contributed by atoms with Crippen molar-refractivity contribution in [1.82, 2.24) is 5.32 Å². The van der Waals surface area contributed by atoms with Crippen LogP contribution in [-0.4, -0.2) is 18.0 Å². The highest BCUT2D eigenvalue weighted by Crippen LogP contribution is 2.21. The summed E-state index contributed by atoms with van der Waals surface area (Å²) in [5, 5.41) is 3.08. The fourth-order valence-electron chi connectivity index (χ4n) is 2.42. The SMILES string of the molecule is CC(C)[C@@H](N)C(=O)NC1CCc2ccccc2C1. The average molecular weight is 246 g/mol. The minimum atomic E-state index is -0.401. The first-order valence-corrected chi connectivity index (χ1v) is 6.70. The molecule has 0 fully saturated rings. The van der Waals surface area contributed by atoms with Gasteiger partial charge in [0.1, 0.15) is 0 Å². The molecule has 18 heavy (non-hydrogen) atoms. The van der Waals surface area contributed by atoms with Crippen LogP contribution in [-0.2, 0) is 17.6 Å². The number of fused-ring (bicyclic) bond motifs is 1. The molecule has 1 aromatic rings. The van der Waals surface area contributed by atoms with E-state index in [1.54, 1.807) is 0 Å². The van der Waals surface area contributed by atoms with Gasteiger partial charge in [-0.2, -0.15) is 0 Å². The zero-order valence-corrected chi connectivity index (χ0v) is 11.1. The van der Waals surface area contributed by atoms with E-state index in [2.05, 4.69) is 29.6 Å². The molecule has 0 saturated carbocycles. The maximum Gasteiger partial charge on any atom is 0.237 e. The second-order valence-corrected chi connectivity index (χ2v) is 5.49. The first-order chi connectivity index (χ1) is 8.58. The van der Waals surface area contributed by atoms with Gasteiger partial charge in [0, 0.05) is 6.04 Å². The van der Waals surface area contributed by atoms with Gasteiger partial charge in [0.2, 0.25) is 5.91 Å². The van der Waals surface area contributed by atoms with Crippen LogP contribution < -0.4 is 11.1 Å². The molecule has 1 amide bonds. The molecule has 0 aliphatic heterocycles. The molecular formula is C15H22N2O. The van der Waals surface area contributed by atoms with E-state index < -0.39 is 6.04 Å². The highest BCUT2D eigenvalue weighted by Gasteiger charge is 2.23. The molecule has 0 saturated heterocycles. The average Bonchev–Trinajstić information content (AvgIpc) is 2.37. The predicted molar refractivity (Wildman–Crippen MR) is 73.2 cm³/mol. The summed E-state index contributed by atoms with van der Waals surface area (Å²) in [6, 6.07) is 8.29. The van der Waals surface area contributed by atoms with Gasteiger partial charge in [0.25, 0.3) is 0 Å². The Morgan fingerprint density at radius 2 is 2.00 bits per heavy atom. The molecule has 2 rings (SSSR count). The predicted octanol–water partition coefficient (Wildman–Crippen LogP) is 1.64. The molecule has 3 N–H and O–H groups in total. The maximum atomic E-state index is 11.9. The number of aryl methyl sites for hydroxylation is 1. The molecule has 3 nitrogen and oxygen atoms in total. The summed E-state index contributed by atoms with van der Waals surface area (Å²) in [6.07, 6.45) is 2.97. The summed E-state index contributed by atoms with van der Waals surface area (Å²) in [5.41, 5.74) is 8.63. The van der Waals surface area contributed by atoms with Crippen molar-refractivity contribution in [2.24, 2.45) is 11.7 Å². The summed E-state index contributed by atoms with van der Waals surface area (Å²) in [4.78, 5) is 11.9. The van der Waals surface area contributed by atoms with Crippen LogP contribution in [0.2, 0.25) is 0 Å². The smallest absolute Gasteiger partial charge is 0.237 e. The molecule has 1 aliphatic carbocycles. The number of hydrogen-bond acceptors (Lipinski definition) is 2. The van der Waals surface area contributed by atoms with Gasteiger partial charge in [0.05, 0.1) is 6.04 Å². The van der Waals surface area contributed by atoms with Crippen molar-refractivity contribution in [3.63, 3.8) is 0 Å². The molecular weight excluding hydrogens is 224 g/mol. The van der Waals surface area contributed by atoms with E-state index in [1.165, 1.54) is 11.1 Å². The summed E-state index contributed by atoms with van der Waals surface area (Å²) in [7, 11) is 0. The number of benzene rings is 1. The Morgan fingerprint density at radius 3 is 2.67 bits per heavy atom. The molecule has 98 valence electrons. The molecule has 0 radical (unpaired) electrons. The van der Waals surface area contributed by atoms with Crippen molar-refractivity contribution >= 4 is 5.91 Å². The second kappa shape index (κ2) is 5.53. The van der Waals surface area contributed by atoms with Crippen LogP contribution in [0.1, 0.15) is 31.4 Å². The summed E-state index contributed by atoms with van der Waals surface area (Å²) < 4.78 is 0. The fraction of sp³-hybridized carbons (Fsp3) is 0.533. The number of rotatable bonds is 3. The molecule has 3 heteroatoms. The van der Waals surface area contributed by atoms with Gasteiger partial charge in [-0.3, -0.25) is 4.79 Å². The number of hydrogen-bond donors (Lipinski definition) is 2. The van der Waals surface area contributed by atoms with Crippen LogP contribution in [0, 0.1) is 5.92 Å². The van der Waals surface area contributed by atoms with Crippen molar-refractivity contribution < 1.29 is 4.79 Å². The molecule has 0 bridgehead atoms. The number of nitrogens with one attached hydrogen (secondary N) is 1. The summed E-state index contributed by atoms with van der Waals surface area (Å²) in [6.45, 7) is 3.95.